The first kappa shape index (κ1) is 13.5. The van der Waals surface area contributed by atoms with Crippen LogP contribution in [0.1, 0.15) is 32.1 Å². The standard InChI is InChI=1S/C16H22N4S/c1-2-7-19-8-3-4-13(15(19)5-1)11-20-9-6-17-16(20)14-10-18-21-12-14/h6,9-10,12-13,15H,1-5,7-8,11H2/t13-,15+/m0/s1. The van der Waals surface area contributed by atoms with Gasteiger partial charge in [-0.3, -0.25) is 0 Å². The van der Waals surface area contributed by atoms with E-state index >= 15 is 0 Å². The summed E-state index contributed by atoms with van der Waals surface area (Å²) in [5, 5.41) is 2.09. The molecule has 0 radical (unpaired) electrons. The van der Waals surface area contributed by atoms with Gasteiger partial charge in [-0.15, -0.1) is 0 Å². The summed E-state index contributed by atoms with van der Waals surface area (Å²) in [6.45, 7) is 3.73. The van der Waals surface area contributed by atoms with Crippen LogP contribution in [0.15, 0.2) is 24.0 Å². The van der Waals surface area contributed by atoms with Gasteiger partial charge in [-0.1, -0.05) is 6.42 Å². The fraction of sp³-hybridized carbons (Fsp3) is 0.625. The average molecular weight is 302 g/mol. The van der Waals surface area contributed by atoms with Gasteiger partial charge in [0.05, 0.1) is 6.20 Å². The van der Waals surface area contributed by atoms with Crippen LogP contribution >= 0.6 is 11.5 Å². The van der Waals surface area contributed by atoms with E-state index in [0.717, 1.165) is 29.9 Å². The second-order valence-electron chi connectivity index (χ2n) is 6.32. The first-order chi connectivity index (χ1) is 10.4. The van der Waals surface area contributed by atoms with E-state index < -0.39 is 0 Å². The SMILES string of the molecule is c1cn(C[C@@H]2CCCN3CCCC[C@H]23)c(-c2cnsc2)n1. The lowest BCUT2D eigenvalue weighted by Gasteiger charge is -2.44. The van der Waals surface area contributed by atoms with E-state index in [2.05, 4.69) is 30.4 Å². The molecule has 2 aliphatic rings. The van der Waals surface area contributed by atoms with Crippen LogP contribution in [-0.2, 0) is 6.54 Å². The van der Waals surface area contributed by atoms with Crippen molar-refractivity contribution in [2.75, 3.05) is 13.1 Å². The summed E-state index contributed by atoms with van der Waals surface area (Å²) in [5.74, 6) is 1.86. The largest absolute Gasteiger partial charge is 0.331 e. The van der Waals surface area contributed by atoms with Gasteiger partial charge in [0.25, 0.3) is 0 Å². The molecule has 4 rings (SSSR count). The van der Waals surface area contributed by atoms with Crippen LogP contribution in [0.4, 0.5) is 0 Å². The minimum absolute atomic E-state index is 0.776. The molecular formula is C16H22N4S. The van der Waals surface area contributed by atoms with E-state index in [4.69, 9.17) is 0 Å². The summed E-state index contributed by atoms with van der Waals surface area (Å²) in [5.41, 5.74) is 1.15. The fourth-order valence-corrected chi connectivity index (χ4v) is 4.59. The van der Waals surface area contributed by atoms with Gasteiger partial charge in [-0.05, 0) is 56.2 Å². The quantitative estimate of drug-likeness (QED) is 0.872. The van der Waals surface area contributed by atoms with Crippen molar-refractivity contribution < 1.29 is 0 Å². The van der Waals surface area contributed by atoms with Crippen molar-refractivity contribution in [2.45, 2.75) is 44.7 Å². The molecule has 5 heteroatoms. The van der Waals surface area contributed by atoms with E-state index in [1.807, 2.05) is 12.4 Å². The minimum Gasteiger partial charge on any atom is -0.331 e. The minimum atomic E-state index is 0.776. The molecule has 4 heterocycles. The molecule has 2 aromatic rings. The molecule has 2 saturated heterocycles. The number of aromatic nitrogens is 3. The van der Waals surface area contributed by atoms with Crippen molar-refractivity contribution in [2.24, 2.45) is 5.92 Å². The Morgan fingerprint density at radius 1 is 1.19 bits per heavy atom. The Morgan fingerprint density at radius 2 is 2.14 bits per heavy atom. The molecular weight excluding hydrogens is 280 g/mol. The topological polar surface area (TPSA) is 34.0 Å². The second-order valence-corrected chi connectivity index (χ2v) is 6.98. The summed E-state index contributed by atoms with van der Waals surface area (Å²) in [7, 11) is 0. The highest BCUT2D eigenvalue weighted by Gasteiger charge is 2.33. The van der Waals surface area contributed by atoms with Crippen molar-refractivity contribution in [1.29, 1.82) is 0 Å². The lowest BCUT2D eigenvalue weighted by Crippen LogP contribution is -2.49. The maximum absolute atomic E-state index is 4.54. The predicted molar refractivity (Wildman–Crippen MR) is 85.3 cm³/mol. The van der Waals surface area contributed by atoms with E-state index in [-0.39, 0.29) is 0 Å². The molecule has 2 aliphatic heterocycles. The van der Waals surface area contributed by atoms with Crippen molar-refractivity contribution in [3.05, 3.63) is 24.0 Å². The lowest BCUT2D eigenvalue weighted by molar-refractivity contribution is 0.0521. The van der Waals surface area contributed by atoms with E-state index in [1.54, 1.807) is 0 Å². The van der Waals surface area contributed by atoms with E-state index in [9.17, 15) is 0 Å². The Morgan fingerprint density at radius 3 is 3.05 bits per heavy atom. The highest BCUT2D eigenvalue weighted by Crippen LogP contribution is 2.32. The second kappa shape index (κ2) is 5.89. The van der Waals surface area contributed by atoms with Gasteiger partial charge in [0.2, 0.25) is 0 Å². The zero-order valence-corrected chi connectivity index (χ0v) is 13.1. The van der Waals surface area contributed by atoms with Crippen molar-refractivity contribution in [1.82, 2.24) is 18.8 Å². The highest BCUT2D eigenvalue weighted by atomic mass is 32.1. The molecule has 4 nitrogen and oxygen atoms in total. The van der Waals surface area contributed by atoms with Gasteiger partial charge < -0.3 is 9.47 Å². The van der Waals surface area contributed by atoms with Gasteiger partial charge >= 0.3 is 0 Å². The van der Waals surface area contributed by atoms with Crippen LogP contribution in [0.5, 0.6) is 0 Å². The third-order valence-electron chi connectivity index (χ3n) is 5.07. The Kier molecular flexibility index (Phi) is 3.78. The number of nitrogens with zero attached hydrogens (tertiary/aromatic N) is 4. The zero-order valence-electron chi connectivity index (χ0n) is 12.3. The molecule has 0 aromatic carbocycles. The van der Waals surface area contributed by atoms with Gasteiger partial charge in [-0.25, -0.2) is 9.36 Å². The fourth-order valence-electron chi connectivity index (χ4n) is 4.07. The summed E-state index contributed by atoms with van der Waals surface area (Å²) < 4.78 is 6.55. The van der Waals surface area contributed by atoms with Crippen LogP contribution in [0.25, 0.3) is 11.4 Å². The van der Waals surface area contributed by atoms with Crippen LogP contribution in [-0.4, -0.2) is 38.0 Å². The molecule has 2 fully saturated rings. The smallest absolute Gasteiger partial charge is 0.142 e. The molecule has 0 spiro atoms. The van der Waals surface area contributed by atoms with Gasteiger partial charge in [0.1, 0.15) is 5.82 Å². The normalized spacial score (nSPS) is 26.7. The van der Waals surface area contributed by atoms with Crippen molar-refractivity contribution in [3.8, 4) is 11.4 Å². The van der Waals surface area contributed by atoms with E-state index in [0.29, 0.717) is 0 Å². The molecule has 0 saturated carbocycles. The Hall–Kier alpha value is -1.20. The predicted octanol–water partition coefficient (Wildman–Crippen LogP) is 3.27. The molecule has 0 aliphatic carbocycles. The van der Waals surface area contributed by atoms with Crippen LogP contribution in [0, 0.1) is 5.92 Å². The number of hydrogen-bond acceptors (Lipinski definition) is 4. The third kappa shape index (κ3) is 2.64. The average Bonchev–Trinajstić information content (AvgIpc) is 3.18. The summed E-state index contributed by atoms with van der Waals surface area (Å²) in [6, 6.07) is 0.795. The molecule has 2 atom stereocenters. The maximum Gasteiger partial charge on any atom is 0.142 e. The molecule has 2 aromatic heterocycles. The van der Waals surface area contributed by atoms with Crippen LogP contribution < -0.4 is 0 Å². The zero-order chi connectivity index (χ0) is 14.1. The lowest BCUT2D eigenvalue weighted by atomic mass is 9.83. The highest BCUT2D eigenvalue weighted by molar-refractivity contribution is 7.03. The van der Waals surface area contributed by atoms with Gasteiger partial charge in [0, 0.05) is 35.9 Å². The number of fused-ring (bicyclic) bond motifs is 1. The Bertz CT molecular complexity index is 575. The summed E-state index contributed by atoms with van der Waals surface area (Å²) in [6.07, 6.45) is 12.9. The number of hydrogen-bond donors (Lipinski definition) is 0. The summed E-state index contributed by atoms with van der Waals surface area (Å²) >= 11 is 1.50. The maximum atomic E-state index is 4.54. The van der Waals surface area contributed by atoms with E-state index in [1.165, 1.54) is 56.7 Å². The molecule has 0 N–H and O–H groups in total. The number of imidazole rings is 1. The molecule has 0 unspecified atom stereocenters. The first-order valence-electron chi connectivity index (χ1n) is 8.07. The molecule has 21 heavy (non-hydrogen) atoms. The monoisotopic (exact) mass is 302 g/mol. The van der Waals surface area contributed by atoms with Gasteiger partial charge in [-0.2, -0.15) is 0 Å². The third-order valence-corrected chi connectivity index (χ3v) is 5.65. The Balaban J connectivity index is 1.54. The van der Waals surface area contributed by atoms with Gasteiger partial charge in [0.15, 0.2) is 0 Å². The van der Waals surface area contributed by atoms with Crippen LogP contribution in [0.2, 0.25) is 0 Å². The van der Waals surface area contributed by atoms with Crippen LogP contribution in [0.3, 0.4) is 0 Å². The Labute approximate surface area is 130 Å². The molecule has 112 valence electrons. The summed E-state index contributed by atoms with van der Waals surface area (Å²) in [4.78, 5) is 7.28. The molecule has 0 bridgehead atoms. The molecule has 0 amide bonds. The van der Waals surface area contributed by atoms with Crippen molar-refractivity contribution >= 4 is 11.5 Å². The van der Waals surface area contributed by atoms with Crippen molar-refractivity contribution in [3.63, 3.8) is 0 Å². The first-order valence-corrected chi connectivity index (χ1v) is 8.90. The number of rotatable bonds is 3. The number of piperidine rings is 2.